The first-order chi connectivity index (χ1) is 9.99. The van der Waals surface area contributed by atoms with E-state index in [2.05, 4.69) is 20.1 Å². The number of rotatable bonds is 3. The minimum absolute atomic E-state index is 0.0358. The minimum atomic E-state index is -1.68. The minimum Gasteiger partial charge on any atom is -0.475 e. The molecule has 0 bridgehead atoms. The van der Waals surface area contributed by atoms with Gasteiger partial charge in [0.2, 0.25) is 0 Å². The highest BCUT2D eigenvalue weighted by atomic mass is 19.1. The summed E-state index contributed by atoms with van der Waals surface area (Å²) in [4.78, 5) is 32.8. The molecule has 0 aliphatic rings. The molecule has 3 rings (SSSR count). The monoisotopic (exact) mass is 290 g/mol. The number of halogens is 1. The number of fused-ring (bicyclic) bond motifs is 1. The van der Waals surface area contributed by atoms with Gasteiger partial charge in [0.1, 0.15) is 0 Å². The number of hydrogen-bond acceptors (Lipinski definition) is 6. The maximum absolute atomic E-state index is 13.9. The van der Waals surface area contributed by atoms with Crippen LogP contribution >= 0.6 is 0 Å². The van der Waals surface area contributed by atoms with Crippen molar-refractivity contribution in [3.05, 3.63) is 29.6 Å². The van der Waals surface area contributed by atoms with Crippen molar-refractivity contribution in [2.45, 2.75) is 6.92 Å². The largest absolute Gasteiger partial charge is 0.475 e. The Morgan fingerprint density at radius 3 is 2.81 bits per heavy atom. The van der Waals surface area contributed by atoms with Crippen LogP contribution < -0.4 is 0 Å². The van der Waals surface area contributed by atoms with Crippen LogP contribution in [-0.4, -0.2) is 37.0 Å². The highest BCUT2D eigenvalue weighted by Crippen LogP contribution is 2.29. The molecule has 0 saturated carbocycles. The number of carbonyl (C=O) groups excluding carboxylic acids is 1. The van der Waals surface area contributed by atoms with Crippen LogP contribution in [0.2, 0.25) is 0 Å². The van der Waals surface area contributed by atoms with Crippen molar-refractivity contribution in [1.82, 2.24) is 20.1 Å². The topological polar surface area (TPSA) is 122 Å². The third kappa shape index (κ3) is 1.95. The number of aromatic amines is 1. The summed E-state index contributed by atoms with van der Waals surface area (Å²) < 4.78 is 18.9. The number of ketones is 1. The second-order valence-corrected chi connectivity index (χ2v) is 4.19. The summed E-state index contributed by atoms with van der Waals surface area (Å²) in [7, 11) is 0. The van der Waals surface area contributed by atoms with Gasteiger partial charge >= 0.3 is 5.97 Å². The summed E-state index contributed by atoms with van der Waals surface area (Å²) in [6, 6.07) is 0. The van der Waals surface area contributed by atoms with Gasteiger partial charge in [-0.15, -0.1) is 0 Å². The lowest BCUT2D eigenvalue weighted by molar-refractivity contribution is -0.131. The second-order valence-electron chi connectivity index (χ2n) is 4.19. The Balaban J connectivity index is 2.29. The Morgan fingerprint density at radius 1 is 1.43 bits per heavy atom. The first-order valence-electron chi connectivity index (χ1n) is 5.73. The molecular weight excluding hydrogens is 283 g/mol. The summed E-state index contributed by atoms with van der Waals surface area (Å²) >= 11 is 0. The molecule has 0 unspecified atom stereocenters. The predicted octanol–water partition coefficient (Wildman–Crippen LogP) is 1.33. The van der Waals surface area contributed by atoms with Gasteiger partial charge in [0.25, 0.3) is 11.7 Å². The van der Waals surface area contributed by atoms with Crippen molar-refractivity contribution in [1.29, 1.82) is 0 Å². The van der Waals surface area contributed by atoms with E-state index in [0.29, 0.717) is 5.82 Å². The second kappa shape index (κ2) is 4.47. The van der Waals surface area contributed by atoms with Gasteiger partial charge in [-0.25, -0.2) is 14.2 Å². The van der Waals surface area contributed by atoms with E-state index in [1.165, 1.54) is 0 Å². The molecule has 3 heterocycles. The fourth-order valence-electron chi connectivity index (χ4n) is 1.96. The average molecular weight is 290 g/mol. The molecule has 9 heteroatoms. The quantitative estimate of drug-likeness (QED) is 0.551. The Labute approximate surface area is 115 Å². The average Bonchev–Trinajstić information content (AvgIpc) is 3.05. The van der Waals surface area contributed by atoms with Crippen LogP contribution in [0.5, 0.6) is 0 Å². The molecule has 0 saturated heterocycles. The molecule has 8 nitrogen and oxygen atoms in total. The third-order valence-corrected chi connectivity index (χ3v) is 2.83. The Morgan fingerprint density at radius 2 is 2.19 bits per heavy atom. The van der Waals surface area contributed by atoms with Gasteiger partial charge < -0.3 is 14.6 Å². The van der Waals surface area contributed by atoms with Gasteiger partial charge in [-0.3, -0.25) is 4.79 Å². The number of pyridine rings is 1. The lowest BCUT2D eigenvalue weighted by atomic mass is 10.1. The first-order valence-corrected chi connectivity index (χ1v) is 5.73. The standard InChI is InChI=1S/C12H7FN4O4/c1-4-16-11(21-17-4)9-8-7(6(13)3-15-9)5(2-14-8)10(18)12(19)20/h2-3,14H,1H3,(H,19,20). The number of carboxylic acid groups (broad SMARTS) is 1. The molecule has 3 aromatic rings. The lowest BCUT2D eigenvalue weighted by Gasteiger charge is -1.99. The Bertz CT molecular complexity index is 883. The number of carboxylic acids is 1. The predicted molar refractivity (Wildman–Crippen MR) is 66.0 cm³/mol. The molecular formula is C12H7FN4O4. The lowest BCUT2D eigenvalue weighted by Crippen LogP contribution is -2.12. The Hall–Kier alpha value is -3.10. The van der Waals surface area contributed by atoms with Gasteiger partial charge in [-0.1, -0.05) is 5.16 Å². The smallest absolute Gasteiger partial charge is 0.377 e. The van der Waals surface area contributed by atoms with Crippen molar-refractivity contribution < 1.29 is 23.6 Å². The zero-order valence-electron chi connectivity index (χ0n) is 10.5. The molecule has 0 fully saturated rings. The van der Waals surface area contributed by atoms with Gasteiger partial charge in [-0.05, 0) is 6.92 Å². The van der Waals surface area contributed by atoms with E-state index in [1.54, 1.807) is 6.92 Å². The number of aliphatic carboxylic acids is 1. The normalized spacial score (nSPS) is 11.0. The van der Waals surface area contributed by atoms with E-state index in [-0.39, 0.29) is 28.1 Å². The Kier molecular flexibility index (Phi) is 2.75. The number of nitrogens with one attached hydrogen (secondary N) is 1. The highest BCUT2D eigenvalue weighted by Gasteiger charge is 2.24. The summed E-state index contributed by atoms with van der Waals surface area (Å²) in [5.41, 5.74) is -0.0467. The maximum atomic E-state index is 13.9. The highest BCUT2D eigenvalue weighted by molar-refractivity contribution is 6.42. The van der Waals surface area contributed by atoms with Gasteiger partial charge in [0.05, 0.1) is 22.7 Å². The number of H-pyrrole nitrogens is 1. The molecule has 106 valence electrons. The molecule has 0 radical (unpaired) electrons. The zero-order chi connectivity index (χ0) is 15.1. The fraction of sp³-hybridized carbons (Fsp3) is 0.0833. The molecule has 0 aliphatic carbocycles. The molecule has 0 amide bonds. The number of nitrogens with zero attached hydrogens (tertiary/aromatic N) is 3. The van der Waals surface area contributed by atoms with E-state index < -0.39 is 17.6 Å². The van der Waals surface area contributed by atoms with Crippen LogP contribution in [0.4, 0.5) is 4.39 Å². The molecule has 21 heavy (non-hydrogen) atoms. The van der Waals surface area contributed by atoms with Crippen molar-refractivity contribution in [2.75, 3.05) is 0 Å². The number of hydrogen-bond donors (Lipinski definition) is 2. The van der Waals surface area contributed by atoms with E-state index in [9.17, 15) is 14.0 Å². The van der Waals surface area contributed by atoms with Crippen LogP contribution in [-0.2, 0) is 4.79 Å². The van der Waals surface area contributed by atoms with Crippen LogP contribution in [0.25, 0.3) is 22.5 Å². The summed E-state index contributed by atoms with van der Waals surface area (Å²) in [6.07, 6.45) is 1.97. The molecule has 0 spiro atoms. The first kappa shape index (κ1) is 12.9. The van der Waals surface area contributed by atoms with Crippen molar-refractivity contribution in [2.24, 2.45) is 0 Å². The maximum Gasteiger partial charge on any atom is 0.377 e. The van der Waals surface area contributed by atoms with Gasteiger partial charge in [0.15, 0.2) is 17.3 Å². The SMILES string of the molecule is Cc1noc(-c2ncc(F)c3c(C(=O)C(=O)O)c[nH]c23)n1. The van der Waals surface area contributed by atoms with Gasteiger partial charge in [-0.2, -0.15) is 4.98 Å². The molecule has 0 aromatic carbocycles. The molecule has 2 N–H and O–H groups in total. The number of aromatic nitrogens is 4. The van der Waals surface area contributed by atoms with Gasteiger partial charge in [0, 0.05) is 6.20 Å². The van der Waals surface area contributed by atoms with E-state index in [1.807, 2.05) is 0 Å². The number of Topliss-reactive ketones (excluding diaryl/α,β-unsaturated/α-hetero) is 1. The van der Waals surface area contributed by atoms with E-state index >= 15 is 0 Å². The van der Waals surface area contributed by atoms with E-state index in [4.69, 9.17) is 9.63 Å². The van der Waals surface area contributed by atoms with E-state index in [0.717, 1.165) is 12.4 Å². The molecule has 0 atom stereocenters. The van der Waals surface area contributed by atoms with Crippen LogP contribution in [0.3, 0.4) is 0 Å². The zero-order valence-corrected chi connectivity index (χ0v) is 10.5. The fourth-order valence-corrected chi connectivity index (χ4v) is 1.96. The summed E-state index contributed by atoms with van der Waals surface area (Å²) in [6.45, 7) is 1.60. The molecule has 3 aromatic heterocycles. The van der Waals surface area contributed by atoms with Crippen molar-refractivity contribution in [3.63, 3.8) is 0 Å². The third-order valence-electron chi connectivity index (χ3n) is 2.83. The number of aryl methyl sites for hydroxylation is 1. The summed E-state index contributed by atoms with van der Waals surface area (Å²) in [5, 5.41) is 12.2. The van der Waals surface area contributed by atoms with Crippen LogP contribution in [0.15, 0.2) is 16.9 Å². The summed E-state index contributed by atoms with van der Waals surface area (Å²) in [5.74, 6) is -3.33. The van der Waals surface area contributed by atoms with Crippen molar-refractivity contribution >= 4 is 22.7 Å². The number of carbonyl (C=O) groups is 2. The molecule has 0 aliphatic heterocycles. The van der Waals surface area contributed by atoms with Crippen LogP contribution in [0.1, 0.15) is 16.2 Å². The van der Waals surface area contributed by atoms with Crippen molar-refractivity contribution in [3.8, 4) is 11.6 Å². The van der Waals surface area contributed by atoms with Crippen LogP contribution in [0, 0.1) is 12.7 Å².